The SMILES string of the molecule is CN=C(NCCc1ccc2c(c1)OCO2)NCC(C(C)C)N1CCN(C)CC1.I. The van der Waals surface area contributed by atoms with Gasteiger partial charge in [0.15, 0.2) is 17.5 Å². The van der Waals surface area contributed by atoms with E-state index in [9.17, 15) is 0 Å². The number of benzene rings is 1. The molecule has 164 valence electrons. The van der Waals surface area contributed by atoms with E-state index in [0.29, 0.717) is 18.8 Å². The summed E-state index contributed by atoms with van der Waals surface area (Å²) in [5, 5.41) is 6.96. The largest absolute Gasteiger partial charge is 0.454 e. The summed E-state index contributed by atoms with van der Waals surface area (Å²) in [6.07, 6.45) is 0.906. The molecule has 8 heteroatoms. The third-order valence-electron chi connectivity index (χ3n) is 5.62. The van der Waals surface area contributed by atoms with E-state index in [-0.39, 0.29) is 24.0 Å². The molecule has 1 aromatic rings. The third kappa shape index (κ3) is 6.89. The van der Waals surface area contributed by atoms with Gasteiger partial charge in [0.2, 0.25) is 6.79 Å². The van der Waals surface area contributed by atoms with Crippen LogP contribution in [0.15, 0.2) is 23.2 Å². The van der Waals surface area contributed by atoms with Crippen molar-refractivity contribution in [2.75, 3.05) is 60.2 Å². The molecule has 0 aromatic heterocycles. The fraction of sp³-hybridized carbons (Fsp3) is 0.667. The Balaban J connectivity index is 0.00000300. The average molecular weight is 517 g/mol. The summed E-state index contributed by atoms with van der Waals surface area (Å²) in [5.74, 6) is 3.13. The van der Waals surface area contributed by atoms with Crippen molar-refractivity contribution in [1.82, 2.24) is 20.4 Å². The number of nitrogens with one attached hydrogen (secondary N) is 2. The molecule has 0 saturated carbocycles. The second kappa shape index (κ2) is 11.8. The highest BCUT2D eigenvalue weighted by molar-refractivity contribution is 14.0. The predicted molar refractivity (Wildman–Crippen MR) is 129 cm³/mol. The van der Waals surface area contributed by atoms with Crippen molar-refractivity contribution in [3.8, 4) is 11.5 Å². The highest BCUT2D eigenvalue weighted by Gasteiger charge is 2.25. The number of halogens is 1. The molecule has 0 amide bonds. The zero-order valence-electron chi connectivity index (χ0n) is 18.1. The van der Waals surface area contributed by atoms with E-state index in [1.54, 1.807) is 0 Å². The normalized spacial score (nSPS) is 18.4. The van der Waals surface area contributed by atoms with Crippen LogP contribution in [-0.4, -0.2) is 82.0 Å². The lowest BCUT2D eigenvalue weighted by Crippen LogP contribution is -2.55. The first-order chi connectivity index (χ1) is 13.6. The summed E-state index contributed by atoms with van der Waals surface area (Å²) >= 11 is 0. The molecule has 1 atom stereocenters. The molecule has 0 aliphatic carbocycles. The van der Waals surface area contributed by atoms with Gasteiger partial charge in [-0.15, -0.1) is 24.0 Å². The first-order valence-electron chi connectivity index (χ1n) is 10.3. The molecule has 0 spiro atoms. The van der Waals surface area contributed by atoms with E-state index in [4.69, 9.17) is 9.47 Å². The number of likely N-dealkylation sites (N-methyl/N-ethyl adjacent to an activating group) is 1. The minimum atomic E-state index is 0. The molecule has 2 heterocycles. The molecule has 29 heavy (non-hydrogen) atoms. The van der Waals surface area contributed by atoms with Crippen LogP contribution in [0.2, 0.25) is 0 Å². The first kappa shape index (κ1) is 24.0. The zero-order valence-corrected chi connectivity index (χ0v) is 20.4. The van der Waals surface area contributed by atoms with Gasteiger partial charge in [-0.3, -0.25) is 9.89 Å². The Morgan fingerprint density at radius 3 is 2.52 bits per heavy atom. The highest BCUT2D eigenvalue weighted by atomic mass is 127. The lowest BCUT2D eigenvalue weighted by atomic mass is 10.0. The number of rotatable bonds is 7. The fourth-order valence-electron chi connectivity index (χ4n) is 3.78. The Morgan fingerprint density at radius 2 is 1.83 bits per heavy atom. The Labute approximate surface area is 192 Å². The number of ether oxygens (including phenoxy) is 2. The van der Waals surface area contributed by atoms with Crippen LogP contribution < -0.4 is 20.1 Å². The predicted octanol–water partition coefficient (Wildman–Crippen LogP) is 2.01. The van der Waals surface area contributed by atoms with Gasteiger partial charge in [0.05, 0.1) is 0 Å². The standard InChI is InChI=1S/C21H35N5O2.HI/c1-16(2)18(26-11-9-25(4)10-12-26)14-24-21(22-3)23-8-7-17-5-6-19-20(13-17)28-15-27-19;/h5-6,13,16,18H,7-12,14-15H2,1-4H3,(H2,22,23,24);1H. The van der Waals surface area contributed by atoms with E-state index >= 15 is 0 Å². The van der Waals surface area contributed by atoms with Crippen molar-refractivity contribution >= 4 is 29.9 Å². The van der Waals surface area contributed by atoms with E-state index in [2.05, 4.69) is 58.5 Å². The molecule has 1 saturated heterocycles. The summed E-state index contributed by atoms with van der Waals surface area (Å²) in [6.45, 7) is 11.2. The number of fused-ring (bicyclic) bond motifs is 1. The van der Waals surface area contributed by atoms with Crippen molar-refractivity contribution in [3.63, 3.8) is 0 Å². The molecule has 0 bridgehead atoms. The monoisotopic (exact) mass is 517 g/mol. The van der Waals surface area contributed by atoms with Gasteiger partial charge in [-0.05, 0) is 37.1 Å². The van der Waals surface area contributed by atoms with Crippen LogP contribution in [0.1, 0.15) is 19.4 Å². The molecule has 3 rings (SSSR count). The van der Waals surface area contributed by atoms with Gasteiger partial charge in [0, 0.05) is 52.4 Å². The minimum Gasteiger partial charge on any atom is -0.454 e. The van der Waals surface area contributed by atoms with E-state index in [1.807, 2.05) is 13.1 Å². The van der Waals surface area contributed by atoms with Crippen LogP contribution in [0, 0.1) is 5.92 Å². The topological polar surface area (TPSA) is 61.4 Å². The second-order valence-corrected chi connectivity index (χ2v) is 7.97. The molecule has 1 fully saturated rings. The smallest absolute Gasteiger partial charge is 0.231 e. The third-order valence-corrected chi connectivity index (χ3v) is 5.62. The summed E-state index contributed by atoms with van der Waals surface area (Å²) < 4.78 is 10.8. The molecule has 1 unspecified atom stereocenters. The van der Waals surface area contributed by atoms with Gasteiger partial charge in [-0.1, -0.05) is 19.9 Å². The summed E-state index contributed by atoms with van der Waals surface area (Å²) in [4.78, 5) is 9.40. The van der Waals surface area contributed by atoms with Crippen molar-refractivity contribution < 1.29 is 9.47 Å². The van der Waals surface area contributed by atoms with Gasteiger partial charge in [-0.2, -0.15) is 0 Å². The average Bonchev–Trinajstić information content (AvgIpc) is 3.15. The lowest BCUT2D eigenvalue weighted by Gasteiger charge is -2.40. The number of nitrogens with zero attached hydrogens (tertiary/aromatic N) is 3. The fourth-order valence-corrected chi connectivity index (χ4v) is 3.78. The minimum absolute atomic E-state index is 0. The second-order valence-electron chi connectivity index (χ2n) is 7.97. The van der Waals surface area contributed by atoms with Gasteiger partial charge < -0.3 is 25.0 Å². The maximum Gasteiger partial charge on any atom is 0.231 e. The summed E-state index contributed by atoms with van der Waals surface area (Å²) in [5.41, 5.74) is 1.23. The molecule has 2 aliphatic rings. The van der Waals surface area contributed by atoms with Crippen molar-refractivity contribution in [2.45, 2.75) is 26.3 Å². The quantitative estimate of drug-likeness (QED) is 0.328. The van der Waals surface area contributed by atoms with Crippen LogP contribution in [-0.2, 0) is 6.42 Å². The Bertz CT molecular complexity index is 662. The van der Waals surface area contributed by atoms with E-state index < -0.39 is 0 Å². The Hall–Kier alpha value is -1.26. The van der Waals surface area contributed by atoms with Crippen molar-refractivity contribution in [2.24, 2.45) is 10.9 Å². The van der Waals surface area contributed by atoms with Gasteiger partial charge in [0.25, 0.3) is 0 Å². The number of guanidine groups is 1. The maximum absolute atomic E-state index is 5.45. The number of piperazine rings is 1. The number of hydrogen-bond acceptors (Lipinski definition) is 5. The zero-order chi connectivity index (χ0) is 19.9. The molecule has 7 nitrogen and oxygen atoms in total. The summed E-state index contributed by atoms with van der Waals surface area (Å²) in [7, 11) is 4.03. The molecule has 1 aromatic carbocycles. The molecule has 2 N–H and O–H groups in total. The molecule has 0 radical (unpaired) electrons. The lowest BCUT2D eigenvalue weighted by molar-refractivity contribution is 0.0900. The molecular weight excluding hydrogens is 481 g/mol. The van der Waals surface area contributed by atoms with E-state index in [1.165, 1.54) is 5.56 Å². The van der Waals surface area contributed by atoms with Crippen molar-refractivity contribution in [1.29, 1.82) is 0 Å². The Kier molecular flexibility index (Phi) is 9.78. The number of aliphatic imine (C=N–C) groups is 1. The summed E-state index contributed by atoms with van der Waals surface area (Å²) in [6, 6.07) is 6.64. The van der Waals surface area contributed by atoms with Crippen LogP contribution in [0.5, 0.6) is 11.5 Å². The number of hydrogen-bond donors (Lipinski definition) is 2. The van der Waals surface area contributed by atoms with Crippen LogP contribution in [0.4, 0.5) is 0 Å². The van der Waals surface area contributed by atoms with Crippen LogP contribution in [0.3, 0.4) is 0 Å². The highest BCUT2D eigenvalue weighted by Crippen LogP contribution is 2.32. The van der Waals surface area contributed by atoms with Crippen molar-refractivity contribution in [3.05, 3.63) is 23.8 Å². The van der Waals surface area contributed by atoms with Gasteiger partial charge >= 0.3 is 0 Å². The maximum atomic E-state index is 5.45. The first-order valence-corrected chi connectivity index (χ1v) is 10.3. The van der Waals surface area contributed by atoms with Crippen LogP contribution in [0.25, 0.3) is 0 Å². The Morgan fingerprint density at radius 1 is 1.10 bits per heavy atom. The van der Waals surface area contributed by atoms with Gasteiger partial charge in [0.1, 0.15) is 0 Å². The molecular formula is C21H36IN5O2. The van der Waals surface area contributed by atoms with E-state index in [0.717, 1.165) is 63.1 Å². The molecule has 2 aliphatic heterocycles. The van der Waals surface area contributed by atoms with Crippen LogP contribution >= 0.6 is 24.0 Å². The van der Waals surface area contributed by atoms with Gasteiger partial charge in [-0.25, -0.2) is 0 Å².